The number of benzene rings is 2. The van der Waals surface area contributed by atoms with E-state index < -0.39 is 7.60 Å². The van der Waals surface area contributed by atoms with E-state index in [1.807, 2.05) is 0 Å². The summed E-state index contributed by atoms with van der Waals surface area (Å²) in [5.74, 6) is 0.332. The SMILES string of the molecule is O=P(O)(Oc1ccccc1)c1ccccc1Cl. The summed E-state index contributed by atoms with van der Waals surface area (Å²) in [5, 5.41) is 0.319. The van der Waals surface area contributed by atoms with Gasteiger partial charge in [-0.25, -0.2) is 4.57 Å². The van der Waals surface area contributed by atoms with E-state index in [0.29, 0.717) is 5.75 Å². The fraction of sp³-hybridized carbons (Fsp3) is 0. The molecule has 88 valence electrons. The van der Waals surface area contributed by atoms with Crippen LogP contribution < -0.4 is 9.83 Å². The van der Waals surface area contributed by atoms with Crippen LogP contribution in [0.15, 0.2) is 54.6 Å². The zero-order chi connectivity index (χ0) is 12.3. The van der Waals surface area contributed by atoms with Gasteiger partial charge in [0.1, 0.15) is 5.75 Å². The minimum Gasteiger partial charge on any atom is -0.421 e. The molecule has 2 aromatic rings. The van der Waals surface area contributed by atoms with Gasteiger partial charge in [0.15, 0.2) is 0 Å². The van der Waals surface area contributed by atoms with Crippen LogP contribution in [0, 0.1) is 0 Å². The van der Waals surface area contributed by atoms with Gasteiger partial charge < -0.3 is 9.42 Å². The average molecular weight is 269 g/mol. The molecule has 1 atom stereocenters. The number of rotatable bonds is 3. The molecule has 0 amide bonds. The molecular weight excluding hydrogens is 259 g/mol. The molecule has 5 heteroatoms. The van der Waals surface area contributed by atoms with Crippen LogP contribution in [0.4, 0.5) is 0 Å². The first kappa shape index (κ1) is 12.2. The Hall–Kier alpha value is -1.28. The highest BCUT2D eigenvalue weighted by Gasteiger charge is 2.26. The lowest BCUT2D eigenvalue weighted by atomic mass is 10.3. The van der Waals surface area contributed by atoms with Crippen LogP contribution in [0.3, 0.4) is 0 Å². The van der Waals surface area contributed by atoms with Crippen molar-refractivity contribution in [2.45, 2.75) is 0 Å². The van der Waals surface area contributed by atoms with Crippen molar-refractivity contribution >= 4 is 24.5 Å². The van der Waals surface area contributed by atoms with E-state index in [4.69, 9.17) is 16.1 Å². The van der Waals surface area contributed by atoms with Gasteiger partial charge in [-0.15, -0.1) is 0 Å². The predicted octanol–water partition coefficient (Wildman–Crippen LogP) is 3.23. The number of para-hydroxylation sites is 1. The maximum Gasteiger partial charge on any atom is 0.409 e. The van der Waals surface area contributed by atoms with E-state index in [1.54, 1.807) is 48.5 Å². The van der Waals surface area contributed by atoms with E-state index in [9.17, 15) is 9.46 Å². The smallest absolute Gasteiger partial charge is 0.409 e. The van der Waals surface area contributed by atoms with E-state index in [-0.39, 0.29) is 10.3 Å². The second-order valence-electron chi connectivity index (χ2n) is 3.38. The van der Waals surface area contributed by atoms with Gasteiger partial charge in [0, 0.05) is 0 Å². The largest absolute Gasteiger partial charge is 0.421 e. The van der Waals surface area contributed by atoms with Gasteiger partial charge in [-0.2, -0.15) is 0 Å². The molecule has 0 radical (unpaired) electrons. The third-order valence-corrected chi connectivity index (χ3v) is 4.05. The zero-order valence-corrected chi connectivity index (χ0v) is 10.4. The van der Waals surface area contributed by atoms with Crippen LogP contribution in [-0.2, 0) is 4.57 Å². The highest BCUT2D eigenvalue weighted by molar-refractivity contribution is 7.62. The summed E-state index contributed by atoms with van der Waals surface area (Å²) in [4.78, 5) is 9.87. The quantitative estimate of drug-likeness (QED) is 0.870. The van der Waals surface area contributed by atoms with Crippen LogP contribution in [0.5, 0.6) is 5.75 Å². The molecule has 3 nitrogen and oxygen atoms in total. The van der Waals surface area contributed by atoms with Crippen molar-refractivity contribution in [3.63, 3.8) is 0 Å². The van der Waals surface area contributed by atoms with Gasteiger partial charge in [-0.05, 0) is 24.3 Å². The third-order valence-electron chi connectivity index (χ3n) is 2.13. The molecule has 0 heterocycles. The van der Waals surface area contributed by atoms with E-state index in [2.05, 4.69) is 0 Å². The molecule has 0 fully saturated rings. The monoisotopic (exact) mass is 268 g/mol. The lowest BCUT2D eigenvalue weighted by Crippen LogP contribution is -2.10. The third kappa shape index (κ3) is 2.89. The minimum atomic E-state index is -3.94. The van der Waals surface area contributed by atoms with Crippen LogP contribution >= 0.6 is 19.2 Å². The van der Waals surface area contributed by atoms with Gasteiger partial charge in [-0.3, -0.25) is 0 Å². The van der Waals surface area contributed by atoms with Gasteiger partial charge in [0.25, 0.3) is 0 Å². The summed E-state index contributed by atoms with van der Waals surface area (Å²) >= 11 is 5.86. The lowest BCUT2D eigenvalue weighted by molar-refractivity contribution is 0.393. The van der Waals surface area contributed by atoms with Crippen molar-refractivity contribution in [1.29, 1.82) is 0 Å². The molecule has 0 saturated carbocycles. The summed E-state index contributed by atoms with van der Waals surface area (Å²) < 4.78 is 17.2. The zero-order valence-electron chi connectivity index (χ0n) is 8.79. The molecule has 1 N–H and O–H groups in total. The molecule has 0 spiro atoms. The summed E-state index contributed by atoms with van der Waals surface area (Å²) in [6, 6.07) is 14.8. The Labute approximate surface area is 104 Å². The average Bonchev–Trinajstić information content (AvgIpc) is 2.30. The molecular formula is C12H10ClO3P. The molecule has 0 bridgehead atoms. The molecule has 0 aliphatic heterocycles. The molecule has 17 heavy (non-hydrogen) atoms. The maximum absolute atomic E-state index is 12.1. The van der Waals surface area contributed by atoms with E-state index in [0.717, 1.165) is 0 Å². The first-order valence-corrected chi connectivity index (χ1v) is 6.88. The number of halogens is 1. The van der Waals surface area contributed by atoms with Gasteiger partial charge in [-0.1, -0.05) is 41.9 Å². The molecule has 2 aromatic carbocycles. The second-order valence-corrected chi connectivity index (χ2v) is 5.49. The highest BCUT2D eigenvalue weighted by atomic mass is 35.5. The summed E-state index contributed by atoms with van der Waals surface area (Å²) in [5.41, 5.74) is 0. The Morgan fingerprint density at radius 3 is 2.24 bits per heavy atom. The molecule has 0 aliphatic rings. The Balaban J connectivity index is 2.32. The van der Waals surface area contributed by atoms with Crippen LogP contribution in [0.25, 0.3) is 0 Å². The van der Waals surface area contributed by atoms with Gasteiger partial charge in [0.05, 0.1) is 10.3 Å². The lowest BCUT2D eigenvalue weighted by Gasteiger charge is -2.14. The molecule has 0 saturated heterocycles. The normalized spacial score (nSPS) is 14.0. The highest BCUT2D eigenvalue weighted by Crippen LogP contribution is 2.43. The predicted molar refractivity (Wildman–Crippen MR) is 68.0 cm³/mol. The number of hydrogen-bond donors (Lipinski definition) is 1. The molecule has 0 aromatic heterocycles. The van der Waals surface area contributed by atoms with Crippen LogP contribution in [-0.4, -0.2) is 4.89 Å². The topological polar surface area (TPSA) is 46.5 Å². The van der Waals surface area contributed by atoms with Crippen molar-refractivity contribution in [2.24, 2.45) is 0 Å². The van der Waals surface area contributed by atoms with Crippen LogP contribution in [0.1, 0.15) is 0 Å². The van der Waals surface area contributed by atoms with E-state index >= 15 is 0 Å². The molecule has 0 aliphatic carbocycles. The van der Waals surface area contributed by atoms with Crippen molar-refractivity contribution in [3.05, 3.63) is 59.6 Å². The van der Waals surface area contributed by atoms with Crippen molar-refractivity contribution in [2.75, 3.05) is 0 Å². The minimum absolute atomic E-state index is 0.102. The fourth-order valence-corrected chi connectivity index (χ4v) is 2.94. The van der Waals surface area contributed by atoms with E-state index in [1.165, 1.54) is 6.07 Å². The van der Waals surface area contributed by atoms with Gasteiger partial charge in [0.2, 0.25) is 0 Å². The number of hydrogen-bond acceptors (Lipinski definition) is 2. The second kappa shape index (κ2) is 4.92. The standard InChI is InChI=1S/C12H10ClO3P/c13-11-8-4-5-9-12(11)17(14,15)16-10-6-2-1-3-7-10/h1-9H,(H,14,15). The Morgan fingerprint density at radius 1 is 1.00 bits per heavy atom. The molecule has 2 rings (SSSR count). The summed E-state index contributed by atoms with van der Waals surface area (Å²) in [6.07, 6.45) is 0. The summed E-state index contributed by atoms with van der Waals surface area (Å²) in [7, 11) is -3.94. The first-order valence-electron chi connectivity index (χ1n) is 4.92. The Morgan fingerprint density at radius 2 is 1.59 bits per heavy atom. The maximum atomic E-state index is 12.1. The fourth-order valence-electron chi connectivity index (χ4n) is 1.35. The van der Waals surface area contributed by atoms with Gasteiger partial charge >= 0.3 is 7.60 Å². The summed E-state index contributed by atoms with van der Waals surface area (Å²) in [6.45, 7) is 0. The Kier molecular flexibility index (Phi) is 3.53. The molecule has 1 unspecified atom stereocenters. The van der Waals surface area contributed by atoms with Crippen LogP contribution in [0.2, 0.25) is 5.02 Å². The Bertz CT molecular complexity index is 557. The van der Waals surface area contributed by atoms with Crippen molar-refractivity contribution < 1.29 is 14.0 Å². The van der Waals surface area contributed by atoms with Crippen molar-refractivity contribution in [1.82, 2.24) is 0 Å². The first-order chi connectivity index (χ1) is 8.09. The van der Waals surface area contributed by atoms with Crippen molar-refractivity contribution in [3.8, 4) is 5.75 Å².